The van der Waals surface area contributed by atoms with Crippen molar-refractivity contribution in [2.75, 3.05) is 11.9 Å². The lowest BCUT2D eigenvalue weighted by atomic mass is 10.2. The molecule has 7 nitrogen and oxygen atoms in total. The second-order valence-corrected chi connectivity index (χ2v) is 8.92. The van der Waals surface area contributed by atoms with Crippen LogP contribution in [0.15, 0.2) is 78.5 Å². The van der Waals surface area contributed by atoms with Crippen LogP contribution >= 0.6 is 22.6 Å². The first-order chi connectivity index (χ1) is 16.4. The van der Waals surface area contributed by atoms with Crippen molar-refractivity contribution in [1.82, 2.24) is 10.2 Å². The quantitative estimate of drug-likeness (QED) is 0.246. The van der Waals surface area contributed by atoms with Crippen LogP contribution < -0.4 is 15.4 Å². The molecule has 3 aromatic carbocycles. The minimum atomic E-state index is -0.632. The number of rotatable bonds is 7. The highest BCUT2D eigenvalue weighted by molar-refractivity contribution is 14.1. The number of ether oxygens (including phenoxy) is 1. The van der Waals surface area contributed by atoms with E-state index >= 15 is 0 Å². The zero-order valence-corrected chi connectivity index (χ0v) is 20.5. The standard InChI is InChI=1S/C26H22IN3O4/c1-17-7-10-20(11-8-17)28-24(31)15-30-25(32)22(29-26(30)33)14-19-9-12-23(21(27)13-19)34-16-18-5-3-2-4-6-18/h2-14H,15-16H2,1H3,(H,28,31)(H,29,33)/b22-14+. The molecule has 0 atom stereocenters. The maximum atomic E-state index is 12.7. The number of aryl methyl sites for hydroxylation is 1. The molecule has 0 aromatic heterocycles. The van der Waals surface area contributed by atoms with E-state index in [-0.39, 0.29) is 12.2 Å². The van der Waals surface area contributed by atoms with Gasteiger partial charge in [0.05, 0.1) is 3.57 Å². The lowest BCUT2D eigenvalue weighted by Crippen LogP contribution is -2.38. The first-order valence-electron chi connectivity index (χ1n) is 10.6. The Morgan fingerprint density at radius 3 is 2.50 bits per heavy atom. The Hall–Kier alpha value is -3.66. The van der Waals surface area contributed by atoms with E-state index in [2.05, 4.69) is 33.2 Å². The Balaban J connectivity index is 1.39. The van der Waals surface area contributed by atoms with Crippen LogP contribution in [0.5, 0.6) is 5.75 Å². The molecule has 4 amide bonds. The number of imide groups is 1. The molecule has 4 rings (SSSR count). The number of carbonyl (C=O) groups excluding carboxylic acids is 3. The summed E-state index contributed by atoms with van der Waals surface area (Å²) < 4.78 is 6.75. The van der Waals surface area contributed by atoms with Gasteiger partial charge in [0.1, 0.15) is 24.6 Å². The van der Waals surface area contributed by atoms with Crippen LogP contribution in [0.3, 0.4) is 0 Å². The molecule has 3 aromatic rings. The van der Waals surface area contributed by atoms with E-state index in [0.717, 1.165) is 30.9 Å². The summed E-state index contributed by atoms with van der Waals surface area (Å²) in [5, 5.41) is 5.24. The Kier molecular flexibility index (Phi) is 7.27. The third-order valence-corrected chi connectivity index (χ3v) is 5.95. The predicted octanol–water partition coefficient (Wildman–Crippen LogP) is 4.71. The van der Waals surface area contributed by atoms with Crippen molar-refractivity contribution in [2.24, 2.45) is 0 Å². The minimum Gasteiger partial charge on any atom is -0.488 e. The molecule has 1 heterocycles. The van der Waals surface area contributed by atoms with Gasteiger partial charge in [-0.1, -0.05) is 54.1 Å². The van der Waals surface area contributed by atoms with Gasteiger partial charge in [-0.15, -0.1) is 0 Å². The Morgan fingerprint density at radius 2 is 1.79 bits per heavy atom. The summed E-state index contributed by atoms with van der Waals surface area (Å²) in [5.74, 6) is -0.283. The molecule has 2 N–H and O–H groups in total. The van der Waals surface area contributed by atoms with Gasteiger partial charge < -0.3 is 15.4 Å². The molecule has 8 heteroatoms. The summed E-state index contributed by atoms with van der Waals surface area (Å²) in [4.78, 5) is 38.3. The van der Waals surface area contributed by atoms with Crippen molar-refractivity contribution in [1.29, 1.82) is 0 Å². The van der Waals surface area contributed by atoms with Crippen LogP contribution in [0.1, 0.15) is 16.7 Å². The van der Waals surface area contributed by atoms with Gasteiger partial charge in [-0.05, 0) is 71.0 Å². The molecule has 172 valence electrons. The fourth-order valence-corrected chi connectivity index (χ4v) is 4.02. The summed E-state index contributed by atoms with van der Waals surface area (Å²) in [7, 11) is 0. The highest BCUT2D eigenvalue weighted by Crippen LogP contribution is 2.25. The fraction of sp³-hybridized carbons (Fsp3) is 0.115. The number of urea groups is 1. The van der Waals surface area contributed by atoms with E-state index in [9.17, 15) is 14.4 Å². The number of benzene rings is 3. The molecule has 0 spiro atoms. The average molecular weight is 567 g/mol. The average Bonchev–Trinajstić information content (AvgIpc) is 3.08. The molecule has 0 radical (unpaired) electrons. The zero-order valence-electron chi connectivity index (χ0n) is 18.4. The smallest absolute Gasteiger partial charge is 0.329 e. The number of nitrogens with one attached hydrogen (secondary N) is 2. The maximum absolute atomic E-state index is 12.7. The molecule has 1 aliphatic rings. The van der Waals surface area contributed by atoms with Gasteiger partial charge in [-0.2, -0.15) is 0 Å². The third-order valence-electron chi connectivity index (χ3n) is 5.10. The first kappa shape index (κ1) is 23.5. The summed E-state index contributed by atoms with van der Waals surface area (Å²) in [6.07, 6.45) is 1.58. The lowest BCUT2D eigenvalue weighted by Gasteiger charge is -2.12. The maximum Gasteiger partial charge on any atom is 0.329 e. The van der Waals surface area contributed by atoms with Crippen molar-refractivity contribution in [3.05, 3.63) is 98.8 Å². The molecular weight excluding hydrogens is 545 g/mol. The van der Waals surface area contributed by atoms with Gasteiger partial charge >= 0.3 is 6.03 Å². The molecule has 0 bridgehead atoms. The third kappa shape index (κ3) is 5.82. The van der Waals surface area contributed by atoms with E-state index in [4.69, 9.17) is 4.74 Å². The number of carbonyl (C=O) groups is 3. The van der Waals surface area contributed by atoms with E-state index in [1.165, 1.54) is 0 Å². The van der Waals surface area contributed by atoms with E-state index < -0.39 is 17.8 Å². The highest BCUT2D eigenvalue weighted by atomic mass is 127. The van der Waals surface area contributed by atoms with Gasteiger partial charge in [-0.25, -0.2) is 9.69 Å². The SMILES string of the molecule is Cc1ccc(NC(=O)CN2C(=O)N/C(=C/c3ccc(OCc4ccccc4)c(I)c3)C2=O)cc1. The lowest BCUT2D eigenvalue weighted by molar-refractivity contribution is -0.127. The van der Waals surface area contributed by atoms with Crippen molar-refractivity contribution >= 4 is 52.2 Å². The van der Waals surface area contributed by atoms with Crippen LogP contribution in [0.25, 0.3) is 6.08 Å². The summed E-state index contributed by atoms with van der Waals surface area (Å²) in [5.41, 5.74) is 3.57. The van der Waals surface area contributed by atoms with Crippen molar-refractivity contribution in [3.8, 4) is 5.75 Å². The molecule has 1 aliphatic heterocycles. The van der Waals surface area contributed by atoms with Crippen LogP contribution in [0.4, 0.5) is 10.5 Å². The number of halogens is 1. The monoisotopic (exact) mass is 567 g/mol. The number of nitrogens with zero attached hydrogens (tertiary/aromatic N) is 1. The van der Waals surface area contributed by atoms with Gasteiger partial charge in [0, 0.05) is 5.69 Å². The fourth-order valence-electron chi connectivity index (χ4n) is 3.32. The number of hydrogen-bond donors (Lipinski definition) is 2. The van der Waals surface area contributed by atoms with E-state index in [1.54, 1.807) is 18.2 Å². The number of anilines is 1. The summed E-state index contributed by atoms with van der Waals surface area (Å²) >= 11 is 2.17. The van der Waals surface area contributed by atoms with Crippen molar-refractivity contribution in [2.45, 2.75) is 13.5 Å². The Bertz CT molecular complexity index is 1260. The predicted molar refractivity (Wildman–Crippen MR) is 138 cm³/mol. The van der Waals surface area contributed by atoms with Crippen LogP contribution in [0, 0.1) is 10.5 Å². The molecule has 0 unspecified atom stereocenters. The van der Waals surface area contributed by atoms with Gasteiger partial charge in [-0.3, -0.25) is 9.59 Å². The molecule has 1 fully saturated rings. The molecule has 34 heavy (non-hydrogen) atoms. The minimum absolute atomic E-state index is 0.113. The zero-order chi connectivity index (χ0) is 24.1. The van der Waals surface area contributed by atoms with Crippen LogP contribution in [-0.4, -0.2) is 29.3 Å². The number of amides is 4. The van der Waals surface area contributed by atoms with E-state index in [1.807, 2.05) is 67.6 Å². The first-order valence-corrected chi connectivity index (χ1v) is 11.6. The van der Waals surface area contributed by atoms with Gasteiger partial charge in [0.25, 0.3) is 5.91 Å². The Labute approximate surface area is 210 Å². The normalized spacial score (nSPS) is 14.3. The second kappa shape index (κ2) is 10.5. The van der Waals surface area contributed by atoms with E-state index in [0.29, 0.717) is 12.3 Å². The van der Waals surface area contributed by atoms with Gasteiger partial charge in [0.15, 0.2) is 0 Å². The number of hydrogen-bond acceptors (Lipinski definition) is 4. The summed E-state index contributed by atoms with van der Waals surface area (Å²) in [6.45, 7) is 2.02. The molecule has 0 aliphatic carbocycles. The van der Waals surface area contributed by atoms with Gasteiger partial charge in [0.2, 0.25) is 5.91 Å². The Morgan fingerprint density at radius 1 is 1.06 bits per heavy atom. The second-order valence-electron chi connectivity index (χ2n) is 7.76. The van der Waals surface area contributed by atoms with Crippen LogP contribution in [-0.2, 0) is 16.2 Å². The summed E-state index contributed by atoms with van der Waals surface area (Å²) in [6, 6.07) is 22.0. The largest absolute Gasteiger partial charge is 0.488 e. The molecular formula is C26H22IN3O4. The van der Waals surface area contributed by atoms with Crippen molar-refractivity contribution < 1.29 is 19.1 Å². The van der Waals surface area contributed by atoms with Crippen molar-refractivity contribution in [3.63, 3.8) is 0 Å². The topological polar surface area (TPSA) is 87.7 Å². The highest BCUT2D eigenvalue weighted by Gasteiger charge is 2.34. The van der Waals surface area contributed by atoms with Crippen LogP contribution in [0.2, 0.25) is 0 Å². The molecule has 1 saturated heterocycles. The molecule has 0 saturated carbocycles.